The summed E-state index contributed by atoms with van der Waals surface area (Å²) in [6.07, 6.45) is 0. The summed E-state index contributed by atoms with van der Waals surface area (Å²) in [4.78, 5) is 25.1. The van der Waals surface area contributed by atoms with E-state index in [1.807, 2.05) is 37.3 Å². The van der Waals surface area contributed by atoms with Crippen molar-refractivity contribution in [1.29, 1.82) is 0 Å². The number of carbonyl (C=O) groups excluding carboxylic acids is 2. The van der Waals surface area contributed by atoms with E-state index in [-0.39, 0.29) is 17.6 Å². The SMILES string of the molecule is CC(=O)C(C(=O)N(C)C)C(C)c1ccccc1. The first kappa shape index (κ1) is 13.4. The third-order valence-corrected chi connectivity index (χ3v) is 2.97. The molecule has 92 valence electrons. The number of benzene rings is 1. The minimum Gasteiger partial charge on any atom is -0.348 e. The zero-order chi connectivity index (χ0) is 13.0. The van der Waals surface area contributed by atoms with Crippen LogP contribution in [-0.2, 0) is 9.59 Å². The fraction of sp³-hybridized carbons (Fsp3) is 0.429. The van der Waals surface area contributed by atoms with E-state index in [0.717, 1.165) is 5.56 Å². The van der Waals surface area contributed by atoms with Gasteiger partial charge in [-0.3, -0.25) is 9.59 Å². The zero-order valence-corrected chi connectivity index (χ0v) is 10.8. The Kier molecular flexibility index (Phi) is 4.44. The van der Waals surface area contributed by atoms with Crippen molar-refractivity contribution in [3.63, 3.8) is 0 Å². The summed E-state index contributed by atoms with van der Waals surface area (Å²) >= 11 is 0. The molecule has 1 aromatic carbocycles. The average Bonchev–Trinajstić information content (AvgIpc) is 2.29. The Labute approximate surface area is 102 Å². The first-order chi connectivity index (χ1) is 7.95. The van der Waals surface area contributed by atoms with Gasteiger partial charge in [0.25, 0.3) is 0 Å². The van der Waals surface area contributed by atoms with E-state index in [0.29, 0.717) is 0 Å². The summed E-state index contributed by atoms with van der Waals surface area (Å²) in [6.45, 7) is 3.40. The summed E-state index contributed by atoms with van der Waals surface area (Å²) in [5, 5.41) is 0. The topological polar surface area (TPSA) is 37.4 Å². The van der Waals surface area contributed by atoms with Gasteiger partial charge >= 0.3 is 0 Å². The summed E-state index contributed by atoms with van der Waals surface area (Å²) in [5.41, 5.74) is 1.02. The molecule has 0 N–H and O–H groups in total. The molecule has 0 saturated heterocycles. The molecule has 0 spiro atoms. The molecule has 0 saturated carbocycles. The van der Waals surface area contributed by atoms with Crippen LogP contribution in [0.3, 0.4) is 0 Å². The van der Waals surface area contributed by atoms with Gasteiger partial charge in [-0.25, -0.2) is 0 Å². The Morgan fingerprint density at radius 1 is 1.12 bits per heavy atom. The van der Waals surface area contributed by atoms with Crippen molar-refractivity contribution in [3.8, 4) is 0 Å². The molecule has 1 rings (SSSR count). The molecule has 0 radical (unpaired) electrons. The lowest BCUT2D eigenvalue weighted by Gasteiger charge is -2.24. The summed E-state index contributed by atoms with van der Waals surface area (Å²) in [5.74, 6) is -0.898. The highest BCUT2D eigenvalue weighted by atomic mass is 16.2. The molecule has 2 atom stereocenters. The van der Waals surface area contributed by atoms with Gasteiger partial charge in [-0.1, -0.05) is 37.3 Å². The summed E-state index contributed by atoms with van der Waals surface area (Å²) in [6, 6.07) is 9.66. The van der Waals surface area contributed by atoms with E-state index in [2.05, 4.69) is 0 Å². The number of carbonyl (C=O) groups is 2. The lowest BCUT2D eigenvalue weighted by Crippen LogP contribution is -2.36. The normalized spacial score (nSPS) is 13.9. The average molecular weight is 233 g/mol. The van der Waals surface area contributed by atoms with Gasteiger partial charge in [0, 0.05) is 14.1 Å². The Morgan fingerprint density at radius 2 is 1.65 bits per heavy atom. The maximum Gasteiger partial charge on any atom is 0.233 e. The largest absolute Gasteiger partial charge is 0.348 e. The Hall–Kier alpha value is -1.64. The van der Waals surface area contributed by atoms with E-state index in [4.69, 9.17) is 0 Å². The van der Waals surface area contributed by atoms with Gasteiger partial charge in [-0.15, -0.1) is 0 Å². The molecule has 0 aliphatic heterocycles. The maximum absolute atomic E-state index is 12.0. The lowest BCUT2D eigenvalue weighted by molar-refractivity contribution is -0.139. The molecule has 0 bridgehead atoms. The van der Waals surface area contributed by atoms with Crippen LogP contribution < -0.4 is 0 Å². The van der Waals surface area contributed by atoms with Crippen LogP contribution in [0.25, 0.3) is 0 Å². The van der Waals surface area contributed by atoms with Crippen LogP contribution in [0.1, 0.15) is 25.3 Å². The fourth-order valence-electron chi connectivity index (χ4n) is 1.97. The van der Waals surface area contributed by atoms with Crippen molar-refractivity contribution in [2.24, 2.45) is 5.92 Å². The molecule has 3 nitrogen and oxygen atoms in total. The Bertz CT molecular complexity index is 398. The van der Waals surface area contributed by atoms with Crippen LogP contribution in [0.2, 0.25) is 0 Å². The van der Waals surface area contributed by atoms with Crippen LogP contribution in [0, 0.1) is 5.92 Å². The number of hydrogen-bond acceptors (Lipinski definition) is 2. The van der Waals surface area contributed by atoms with Crippen molar-refractivity contribution in [1.82, 2.24) is 4.90 Å². The van der Waals surface area contributed by atoms with Gasteiger partial charge in [0.1, 0.15) is 11.7 Å². The molecule has 1 aromatic rings. The second-order valence-corrected chi connectivity index (χ2v) is 4.52. The lowest BCUT2D eigenvalue weighted by atomic mass is 9.84. The van der Waals surface area contributed by atoms with E-state index < -0.39 is 5.92 Å². The monoisotopic (exact) mass is 233 g/mol. The van der Waals surface area contributed by atoms with Crippen LogP contribution in [0.4, 0.5) is 0 Å². The van der Waals surface area contributed by atoms with Crippen LogP contribution >= 0.6 is 0 Å². The molecular weight excluding hydrogens is 214 g/mol. The highest BCUT2D eigenvalue weighted by Gasteiger charge is 2.31. The minimum absolute atomic E-state index is 0.0833. The molecule has 3 heteroatoms. The summed E-state index contributed by atoms with van der Waals surface area (Å²) < 4.78 is 0. The van der Waals surface area contributed by atoms with E-state index in [9.17, 15) is 9.59 Å². The molecular formula is C14H19NO2. The Balaban J connectivity index is 3.00. The van der Waals surface area contributed by atoms with Gasteiger partial charge in [-0.05, 0) is 18.4 Å². The standard InChI is InChI=1S/C14H19NO2/c1-10(12-8-6-5-7-9-12)13(11(2)16)14(17)15(3)4/h5-10,13H,1-4H3. The van der Waals surface area contributed by atoms with Crippen molar-refractivity contribution < 1.29 is 9.59 Å². The van der Waals surface area contributed by atoms with Crippen LogP contribution in [0.5, 0.6) is 0 Å². The fourth-order valence-corrected chi connectivity index (χ4v) is 1.97. The predicted octanol–water partition coefficient (Wildman–Crippen LogP) is 2.08. The minimum atomic E-state index is -0.590. The number of nitrogens with zero attached hydrogens (tertiary/aromatic N) is 1. The van der Waals surface area contributed by atoms with E-state index in [1.54, 1.807) is 14.1 Å². The van der Waals surface area contributed by atoms with Gasteiger partial charge < -0.3 is 4.90 Å². The van der Waals surface area contributed by atoms with Gasteiger partial charge in [-0.2, -0.15) is 0 Å². The maximum atomic E-state index is 12.0. The molecule has 2 unspecified atom stereocenters. The number of hydrogen-bond donors (Lipinski definition) is 0. The molecule has 0 aromatic heterocycles. The van der Waals surface area contributed by atoms with E-state index >= 15 is 0 Å². The molecule has 0 aliphatic rings. The first-order valence-corrected chi connectivity index (χ1v) is 5.71. The molecule has 17 heavy (non-hydrogen) atoms. The third-order valence-electron chi connectivity index (χ3n) is 2.97. The number of Topliss-reactive ketones (excluding diaryl/α,β-unsaturated/α-hetero) is 1. The van der Waals surface area contributed by atoms with Crippen molar-refractivity contribution in [3.05, 3.63) is 35.9 Å². The molecule has 0 fully saturated rings. The van der Waals surface area contributed by atoms with Crippen LogP contribution in [0.15, 0.2) is 30.3 Å². The second kappa shape index (κ2) is 5.62. The summed E-state index contributed by atoms with van der Waals surface area (Å²) in [7, 11) is 3.35. The van der Waals surface area contributed by atoms with Gasteiger partial charge in [0.15, 0.2) is 0 Å². The third kappa shape index (κ3) is 3.16. The molecule has 1 amide bonds. The highest BCUT2D eigenvalue weighted by Crippen LogP contribution is 2.26. The quantitative estimate of drug-likeness (QED) is 0.747. The number of amides is 1. The number of rotatable bonds is 4. The first-order valence-electron chi connectivity index (χ1n) is 5.71. The predicted molar refractivity (Wildman–Crippen MR) is 67.7 cm³/mol. The zero-order valence-electron chi connectivity index (χ0n) is 10.8. The van der Waals surface area contributed by atoms with Gasteiger partial charge in [0.2, 0.25) is 5.91 Å². The highest BCUT2D eigenvalue weighted by molar-refractivity contribution is 6.01. The molecule has 0 aliphatic carbocycles. The smallest absolute Gasteiger partial charge is 0.233 e. The van der Waals surface area contributed by atoms with Crippen molar-refractivity contribution >= 4 is 11.7 Å². The van der Waals surface area contributed by atoms with Gasteiger partial charge in [0.05, 0.1) is 0 Å². The second-order valence-electron chi connectivity index (χ2n) is 4.52. The number of ketones is 1. The Morgan fingerprint density at radius 3 is 2.06 bits per heavy atom. The van der Waals surface area contributed by atoms with E-state index in [1.165, 1.54) is 11.8 Å². The van der Waals surface area contributed by atoms with Crippen molar-refractivity contribution in [2.75, 3.05) is 14.1 Å². The molecule has 0 heterocycles. The van der Waals surface area contributed by atoms with Crippen molar-refractivity contribution in [2.45, 2.75) is 19.8 Å². The van der Waals surface area contributed by atoms with Crippen LogP contribution in [-0.4, -0.2) is 30.7 Å².